The third kappa shape index (κ3) is 3.67. The van der Waals surface area contributed by atoms with Gasteiger partial charge in [0.25, 0.3) is 5.56 Å². The minimum Gasteiger partial charge on any atom is -0.494 e. The molecule has 1 heterocycles. The van der Waals surface area contributed by atoms with Crippen LogP contribution in [0.3, 0.4) is 0 Å². The highest BCUT2D eigenvalue weighted by molar-refractivity contribution is 7.79. The Hall–Kier alpha value is -1.75. The van der Waals surface area contributed by atoms with E-state index in [1.54, 1.807) is 0 Å². The van der Waals surface area contributed by atoms with Gasteiger partial charge in [-0.2, -0.15) is 17.7 Å². The minimum absolute atomic E-state index is 0.0702. The molecule has 0 fully saturated rings. The van der Waals surface area contributed by atoms with Crippen molar-refractivity contribution in [3.8, 4) is 17.0 Å². The molecule has 0 unspecified atom stereocenters. The third-order valence-electron chi connectivity index (χ3n) is 3.14. The molecule has 0 aliphatic carbocycles. The number of aryl methyl sites for hydroxylation is 1. The standard InChI is InChI=1S/C16H20N2O2S/c1-3-9-20-14-7-5-12(6-8-14)15-10-13(11-21)16(19)18(4-2)17-15/h5-8,10,21H,3-4,9,11H2,1-2H3. The van der Waals surface area contributed by atoms with E-state index in [1.807, 2.05) is 37.3 Å². The Labute approximate surface area is 130 Å². The van der Waals surface area contributed by atoms with Gasteiger partial charge in [-0.1, -0.05) is 6.92 Å². The molecule has 1 aromatic carbocycles. The van der Waals surface area contributed by atoms with Crippen molar-refractivity contribution in [1.29, 1.82) is 0 Å². The van der Waals surface area contributed by atoms with Crippen molar-refractivity contribution in [2.24, 2.45) is 0 Å². The second kappa shape index (κ2) is 7.31. The number of rotatable bonds is 6. The number of hydrogen-bond acceptors (Lipinski definition) is 4. The van der Waals surface area contributed by atoms with Crippen LogP contribution in [0.2, 0.25) is 0 Å². The summed E-state index contributed by atoms with van der Waals surface area (Å²) >= 11 is 4.22. The molecule has 0 spiro atoms. The van der Waals surface area contributed by atoms with Gasteiger partial charge in [-0.3, -0.25) is 4.79 Å². The van der Waals surface area contributed by atoms with Crippen molar-refractivity contribution in [3.63, 3.8) is 0 Å². The Morgan fingerprint density at radius 1 is 1.24 bits per heavy atom. The second-order valence-electron chi connectivity index (χ2n) is 4.71. The predicted octanol–water partition coefficient (Wildman–Crippen LogP) is 3.15. The maximum atomic E-state index is 12.0. The van der Waals surface area contributed by atoms with Crippen molar-refractivity contribution >= 4 is 12.6 Å². The zero-order chi connectivity index (χ0) is 15.2. The van der Waals surface area contributed by atoms with E-state index < -0.39 is 0 Å². The van der Waals surface area contributed by atoms with E-state index in [-0.39, 0.29) is 5.56 Å². The molecule has 2 rings (SSSR count). The first-order valence-electron chi connectivity index (χ1n) is 7.14. The average molecular weight is 304 g/mol. The van der Waals surface area contributed by atoms with Gasteiger partial charge < -0.3 is 4.74 Å². The van der Waals surface area contributed by atoms with E-state index >= 15 is 0 Å². The summed E-state index contributed by atoms with van der Waals surface area (Å²) in [6, 6.07) is 9.58. The van der Waals surface area contributed by atoms with Gasteiger partial charge in [-0.05, 0) is 43.7 Å². The molecule has 0 amide bonds. The Bertz CT molecular complexity index is 622. The van der Waals surface area contributed by atoms with Crippen LogP contribution in [0, 0.1) is 0 Å². The zero-order valence-electron chi connectivity index (χ0n) is 12.4. The van der Waals surface area contributed by atoms with Gasteiger partial charge in [-0.25, -0.2) is 4.68 Å². The van der Waals surface area contributed by atoms with Crippen LogP contribution >= 0.6 is 12.6 Å². The smallest absolute Gasteiger partial charge is 0.270 e. The van der Waals surface area contributed by atoms with Crippen LogP contribution in [0.1, 0.15) is 25.8 Å². The fourth-order valence-corrected chi connectivity index (χ4v) is 2.23. The highest BCUT2D eigenvalue weighted by Crippen LogP contribution is 2.21. The van der Waals surface area contributed by atoms with Crippen LogP contribution in [0.4, 0.5) is 0 Å². The summed E-state index contributed by atoms with van der Waals surface area (Å²) in [5.74, 6) is 1.25. The fraction of sp³-hybridized carbons (Fsp3) is 0.375. The lowest BCUT2D eigenvalue weighted by molar-refractivity contribution is 0.317. The topological polar surface area (TPSA) is 44.1 Å². The first-order valence-corrected chi connectivity index (χ1v) is 7.78. The van der Waals surface area contributed by atoms with Gasteiger partial charge >= 0.3 is 0 Å². The van der Waals surface area contributed by atoms with Gasteiger partial charge in [0, 0.05) is 23.4 Å². The molecule has 0 aliphatic rings. The quantitative estimate of drug-likeness (QED) is 0.834. The normalized spacial score (nSPS) is 10.6. The van der Waals surface area contributed by atoms with E-state index in [4.69, 9.17) is 4.74 Å². The van der Waals surface area contributed by atoms with Crippen molar-refractivity contribution in [3.05, 3.63) is 46.2 Å². The Kier molecular flexibility index (Phi) is 5.44. The summed E-state index contributed by atoms with van der Waals surface area (Å²) < 4.78 is 7.04. The van der Waals surface area contributed by atoms with Gasteiger partial charge in [0.15, 0.2) is 0 Å². The molecule has 21 heavy (non-hydrogen) atoms. The molecule has 0 N–H and O–H groups in total. The largest absolute Gasteiger partial charge is 0.494 e. The first-order chi connectivity index (χ1) is 10.2. The first kappa shape index (κ1) is 15.6. The summed E-state index contributed by atoms with van der Waals surface area (Å²) in [5, 5.41) is 4.39. The van der Waals surface area contributed by atoms with Gasteiger partial charge in [-0.15, -0.1) is 0 Å². The molecule has 0 aliphatic heterocycles. The number of aromatic nitrogens is 2. The van der Waals surface area contributed by atoms with Gasteiger partial charge in [0.1, 0.15) is 5.75 Å². The lowest BCUT2D eigenvalue weighted by Gasteiger charge is -2.09. The van der Waals surface area contributed by atoms with Crippen LogP contribution in [-0.4, -0.2) is 16.4 Å². The molecule has 0 saturated heterocycles. The Morgan fingerprint density at radius 2 is 1.95 bits per heavy atom. The van der Waals surface area contributed by atoms with E-state index in [0.717, 1.165) is 23.4 Å². The van der Waals surface area contributed by atoms with E-state index in [2.05, 4.69) is 24.7 Å². The maximum Gasteiger partial charge on any atom is 0.270 e. The molecule has 112 valence electrons. The highest BCUT2D eigenvalue weighted by atomic mass is 32.1. The summed E-state index contributed by atoms with van der Waals surface area (Å²) in [5.41, 5.74) is 2.34. The lowest BCUT2D eigenvalue weighted by atomic mass is 10.1. The SMILES string of the molecule is CCCOc1ccc(-c2cc(CS)c(=O)n(CC)n2)cc1. The maximum absolute atomic E-state index is 12.0. The van der Waals surface area contributed by atoms with Crippen LogP contribution in [-0.2, 0) is 12.3 Å². The number of thiol groups is 1. The summed E-state index contributed by atoms with van der Waals surface area (Å²) in [6.45, 7) is 5.24. The lowest BCUT2D eigenvalue weighted by Crippen LogP contribution is -2.25. The number of hydrogen-bond donors (Lipinski definition) is 1. The molecule has 5 heteroatoms. The van der Waals surface area contributed by atoms with Gasteiger partial charge in [0.05, 0.1) is 12.3 Å². The molecule has 0 saturated carbocycles. The molecular formula is C16H20N2O2S. The van der Waals surface area contributed by atoms with Crippen LogP contribution in [0.15, 0.2) is 35.1 Å². The molecule has 0 bridgehead atoms. The van der Waals surface area contributed by atoms with Gasteiger partial charge in [0.2, 0.25) is 0 Å². The van der Waals surface area contributed by atoms with Crippen LogP contribution < -0.4 is 10.3 Å². The summed E-state index contributed by atoms with van der Waals surface area (Å²) in [7, 11) is 0. The van der Waals surface area contributed by atoms with Crippen molar-refractivity contribution in [1.82, 2.24) is 9.78 Å². The van der Waals surface area contributed by atoms with Crippen LogP contribution in [0.25, 0.3) is 11.3 Å². The number of nitrogens with zero attached hydrogens (tertiary/aromatic N) is 2. The van der Waals surface area contributed by atoms with E-state index in [0.29, 0.717) is 24.5 Å². The Balaban J connectivity index is 2.35. The summed E-state index contributed by atoms with van der Waals surface area (Å²) in [6.07, 6.45) is 0.982. The van der Waals surface area contributed by atoms with Crippen molar-refractivity contribution in [2.75, 3.05) is 6.61 Å². The molecule has 0 radical (unpaired) electrons. The predicted molar refractivity (Wildman–Crippen MR) is 88.1 cm³/mol. The third-order valence-corrected chi connectivity index (χ3v) is 3.48. The zero-order valence-corrected chi connectivity index (χ0v) is 13.3. The molecule has 1 aromatic heterocycles. The number of benzene rings is 1. The summed E-state index contributed by atoms with van der Waals surface area (Å²) in [4.78, 5) is 12.0. The molecular weight excluding hydrogens is 284 g/mol. The minimum atomic E-state index is -0.0702. The van der Waals surface area contributed by atoms with Crippen molar-refractivity contribution < 1.29 is 4.74 Å². The monoisotopic (exact) mass is 304 g/mol. The second-order valence-corrected chi connectivity index (χ2v) is 5.02. The number of ether oxygens (including phenoxy) is 1. The average Bonchev–Trinajstić information content (AvgIpc) is 2.53. The van der Waals surface area contributed by atoms with E-state index in [9.17, 15) is 4.79 Å². The molecule has 4 nitrogen and oxygen atoms in total. The highest BCUT2D eigenvalue weighted by Gasteiger charge is 2.08. The molecule has 0 atom stereocenters. The fourth-order valence-electron chi connectivity index (χ4n) is 2.01. The van der Waals surface area contributed by atoms with Crippen molar-refractivity contribution in [2.45, 2.75) is 32.6 Å². The Morgan fingerprint density at radius 3 is 2.52 bits per heavy atom. The van der Waals surface area contributed by atoms with Crippen LogP contribution in [0.5, 0.6) is 5.75 Å². The molecule has 2 aromatic rings. The van der Waals surface area contributed by atoms with E-state index in [1.165, 1.54) is 4.68 Å².